The molecule has 1 aromatic rings. The largest absolute Gasteiger partial charge is 0.373 e. The number of hydrogen-bond acceptors (Lipinski definition) is 3. The molecular weight excluding hydrogens is 283 g/mol. The molecule has 2 fully saturated rings. The van der Waals surface area contributed by atoms with Gasteiger partial charge in [-0.25, -0.2) is 4.39 Å². The van der Waals surface area contributed by atoms with Crippen LogP contribution in [-0.4, -0.2) is 61.1 Å². The maximum absolute atomic E-state index is 13.3. The van der Waals surface area contributed by atoms with Gasteiger partial charge in [0.2, 0.25) is 0 Å². The predicted octanol–water partition coefficient (Wildman–Crippen LogP) is 2.15. The minimum Gasteiger partial charge on any atom is -0.373 e. The number of hydrogen-bond donors (Lipinski definition) is 0. The number of carbonyl (C=O) groups is 1. The highest BCUT2D eigenvalue weighted by Gasteiger charge is 2.43. The number of likely N-dealkylation sites (N-methyl/N-ethyl adjacent to an activating group) is 1. The summed E-state index contributed by atoms with van der Waals surface area (Å²) in [7, 11) is 4.16. The summed E-state index contributed by atoms with van der Waals surface area (Å²) >= 11 is 0. The fourth-order valence-electron chi connectivity index (χ4n) is 3.42. The van der Waals surface area contributed by atoms with Gasteiger partial charge in [0.25, 0.3) is 5.91 Å². The zero-order chi connectivity index (χ0) is 15.7. The van der Waals surface area contributed by atoms with E-state index in [0.29, 0.717) is 24.7 Å². The molecule has 2 aliphatic heterocycles. The molecule has 22 heavy (non-hydrogen) atoms. The molecule has 1 spiro atoms. The van der Waals surface area contributed by atoms with Gasteiger partial charge in [-0.2, -0.15) is 0 Å². The predicted molar refractivity (Wildman–Crippen MR) is 82.3 cm³/mol. The quantitative estimate of drug-likeness (QED) is 0.839. The molecular formula is C17H23FN2O2. The summed E-state index contributed by atoms with van der Waals surface area (Å²) in [4.78, 5) is 16.5. The normalized spacial score (nSPS) is 24.2. The first kappa shape index (κ1) is 15.4. The smallest absolute Gasteiger partial charge is 0.253 e. The molecule has 3 rings (SSSR count). The zero-order valence-corrected chi connectivity index (χ0v) is 13.2. The van der Waals surface area contributed by atoms with Gasteiger partial charge in [0.05, 0.1) is 12.2 Å². The van der Waals surface area contributed by atoms with Crippen LogP contribution in [0.3, 0.4) is 0 Å². The number of piperidine rings is 1. The van der Waals surface area contributed by atoms with Gasteiger partial charge in [-0.1, -0.05) is 6.07 Å². The number of halogens is 1. The average Bonchev–Trinajstić information content (AvgIpc) is 2.92. The van der Waals surface area contributed by atoms with E-state index in [4.69, 9.17) is 4.74 Å². The fourth-order valence-corrected chi connectivity index (χ4v) is 3.42. The monoisotopic (exact) mass is 306 g/mol. The van der Waals surface area contributed by atoms with Crippen LogP contribution >= 0.6 is 0 Å². The van der Waals surface area contributed by atoms with Crippen molar-refractivity contribution in [3.8, 4) is 0 Å². The molecule has 0 N–H and O–H groups in total. The Morgan fingerprint density at radius 2 is 2.09 bits per heavy atom. The Morgan fingerprint density at radius 1 is 1.36 bits per heavy atom. The van der Waals surface area contributed by atoms with Gasteiger partial charge in [-0.3, -0.25) is 4.79 Å². The molecule has 1 atom stereocenters. The van der Waals surface area contributed by atoms with Crippen LogP contribution in [0.15, 0.2) is 24.3 Å². The van der Waals surface area contributed by atoms with Crippen LogP contribution in [0.2, 0.25) is 0 Å². The van der Waals surface area contributed by atoms with E-state index in [1.165, 1.54) is 12.1 Å². The molecule has 0 radical (unpaired) electrons. The van der Waals surface area contributed by atoms with E-state index in [-0.39, 0.29) is 17.3 Å². The Labute approximate surface area is 130 Å². The van der Waals surface area contributed by atoms with Crippen molar-refractivity contribution in [1.29, 1.82) is 0 Å². The third kappa shape index (κ3) is 3.01. The van der Waals surface area contributed by atoms with Crippen LogP contribution in [0.4, 0.5) is 4.39 Å². The number of benzene rings is 1. The summed E-state index contributed by atoms with van der Waals surface area (Å²) in [6.07, 6.45) is 2.75. The molecule has 2 heterocycles. The lowest BCUT2D eigenvalue weighted by Crippen LogP contribution is -2.47. The van der Waals surface area contributed by atoms with Gasteiger partial charge in [-0.15, -0.1) is 0 Å². The Hall–Kier alpha value is -1.46. The molecule has 4 nitrogen and oxygen atoms in total. The van der Waals surface area contributed by atoms with Crippen molar-refractivity contribution >= 4 is 5.91 Å². The fraction of sp³-hybridized carbons (Fsp3) is 0.588. The molecule has 1 amide bonds. The zero-order valence-electron chi connectivity index (χ0n) is 13.2. The third-order valence-electron chi connectivity index (χ3n) is 4.95. The number of amides is 1. The van der Waals surface area contributed by atoms with Gasteiger partial charge >= 0.3 is 0 Å². The molecule has 0 unspecified atom stereocenters. The first-order chi connectivity index (χ1) is 10.5. The van der Waals surface area contributed by atoms with Crippen molar-refractivity contribution < 1.29 is 13.9 Å². The molecule has 2 aliphatic rings. The van der Waals surface area contributed by atoms with Crippen LogP contribution < -0.4 is 0 Å². The number of rotatable bonds is 2. The summed E-state index contributed by atoms with van der Waals surface area (Å²) in [5.41, 5.74) is 0.350. The number of ether oxygens (including phenoxy) is 1. The van der Waals surface area contributed by atoms with Gasteiger partial charge < -0.3 is 14.5 Å². The van der Waals surface area contributed by atoms with E-state index in [9.17, 15) is 9.18 Å². The highest BCUT2D eigenvalue weighted by atomic mass is 19.1. The van der Waals surface area contributed by atoms with Crippen molar-refractivity contribution in [3.05, 3.63) is 35.6 Å². The Kier molecular flexibility index (Phi) is 4.19. The van der Waals surface area contributed by atoms with Crippen LogP contribution in [0.1, 0.15) is 29.6 Å². The van der Waals surface area contributed by atoms with Crippen molar-refractivity contribution in [2.45, 2.75) is 30.9 Å². The molecule has 0 aliphatic carbocycles. The second-order valence-electron chi connectivity index (χ2n) is 6.62. The van der Waals surface area contributed by atoms with Crippen molar-refractivity contribution in [2.24, 2.45) is 0 Å². The van der Waals surface area contributed by atoms with Gasteiger partial charge in [-0.05, 0) is 51.6 Å². The van der Waals surface area contributed by atoms with E-state index in [1.54, 1.807) is 12.1 Å². The molecule has 1 aromatic carbocycles. The summed E-state index contributed by atoms with van der Waals surface area (Å²) in [6, 6.07) is 6.38. The second-order valence-corrected chi connectivity index (χ2v) is 6.62. The molecule has 0 bridgehead atoms. The summed E-state index contributed by atoms with van der Waals surface area (Å²) < 4.78 is 19.3. The van der Waals surface area contributed by atoms with Crippen molar-refractivity contribution in [1.82, 2.24) is 9.80 Å². The minimum absolute atomic E-state index is 0.0757. The lowest BCUT2D eigenvalue weighted by molar-refractivity contribution is -0.0392. The topological polar surface area (TPSA) is 32.8 Å². The van der Waals surface area contributed by atoms with E-state index in [2.05, 4.69) is 19.0 Å². The van der Waals surface area contributed by atoms with E-state index in [0.717, 1.165) is 25.9 Å². The molecule has 0 aromatic heterocycles. The highest BCUT2D eigenvalue weighted by Crippen LogP contribution is 2.37. The molecule has 2 saturated heterocycles. The molecule has 5 heteroatoms. The first-order valence-corrected chi connectivity index (χ1v) is 7.84. The second kappa shape index (κ2) is 5.97. The van der Waals surface area contributed by atoms with E-state index < -0.39 is 0 Å². The minimum atomic E-state index is -0.368. The number of carbonyl (C=O) groups excluding carboxylic acids is 1. The van der Waals surface area contributed by atoms with Crippen LogP contribution in [0.25, 0.3) is 0 Å². The lowest BCUT2D eigenvalue weighted by atomic mass is 9.87. The summed E-state index contributed by atoms with van der Waals surface area (Å²) in [6.45, 7) is 2.12. The lowest BCUT2D eigenvalue weighted by Gasteiger charge is -2.39. The van der Waals surface area contributed by atoms with Crippen LogP contribution in [0, 0.1) is 5.82 Å². The standard InChI is InChI=1S/C17H23FN2O2/c1-19(2)15-11-17(22-12-15)6-8-20(9-7-17)16(21)13-4-3-5-14(18)10-13/h3-5,10,15H,6-9,11-12H2,1-2H3/t15-/m1/s1. The molecule has 120 valence electrons. The maximum Gasteiger partial charge on any atom is 0.253 e. The Balaban J connectivity index is 1.61. The molecule has 0 saturated carbocycles. The van der Waals surface area contributed by atoms with Crippen molar-refractivity contribution in [3.63, 3.8) is 0 Å². The van der Waals surface area contributed by atoms with Crippen LogP contribution in [-0.2, 0) is 4.74 Å². The SMILES string of the molecule is CN(C)[C@H]1COC2(CCN(C(=O)c3cccc(F)c3)CC2)C1. The van der Waals surface area contributed by atoms with Crippen molar-refractivity contribution in [2.75, 3.05) is 33.8 Å². The van der Waals surface area contributed by atoms with Gasteiger partial charge in [0.15, 0.2) is 0 Å². The number of nitrogens with zero attached hydrogens (tertiary/aromatic N) is 2. The summed E-state index contributed by atoms with van der Waals surface area (Å²) in [5, 5.41) is 0. The first-order valence-electron chi connectivity index (χ1n) is 7.84. The summed E-state index contributed by atoms with van der Waals surface area (Å²) in [5.74, 6) is -0.455. The Morgan fingerprint density at radius 3 is 2.68 bits per heavy atom. The maximum atomic E-state index is 13.3. The third-order valence-corrected chi connectivity index (χ3v) is 4.95. The average molecular weight is 306 g/mol. The van der Waals surface area contributed by atoms with Gasteiger partial charge in [0.1, 0.15) is 5.82 Å². The van der Waals surface area contributed by atoms with Gasteiger partial charge in [0, 0.05) is 24.7 Å². The van der Waals surface area contributed by atoms with Crippen LogP contribution in [0.5, 0.6) is 0 Å². The van der Waals surface area contributed by atoms with E-state index in [1.807, 2.05) is 4.90 Å². The van der Waals surface area contributed by atoms with E-state index >= 15 is 0 Å². The number of likely N-dealkylation sites (tertiary alicyclic amines) is 1. The highest BCUT2D eigenvalue weighted by molar-refractivity contribution is 5.94. The Bertz CT molecular complexity index is 553.